The molecule has 0 saturated carbocycles. The van der Waals surface area contributed by atoms with Crippen LogP contribution in [0.5, 0.6) is 0 Å². The van der Waals surface area contributed by atoms with E-state index < -0.39 is 0 Å². The van der Waals surface area contributed by atoms with E-state index in [1.54, 1.807) is 0 Å². The minimum absolute atomic E-state index is 0.440. The Morgan fingerprint density at radius 2 is 2.14 bits per heavy atom. The average molecular weight is 289 g/mol. The molecule has 1 aliphatic rings. The first-order valence-corrected chi connectivity index (χ1v) is 8.32. The van der Waals surface area contributed by atoms with Crippen molar-refractivity contribution in [2.45, 2.75) is 39.3 Å². The molecule has 2 atom stereocenters. The van der Waals surface area contributed by atoms with Gasteiger partial charge in [-0.3, -0.25) is 4.90 Å². The van der Waals surface area contributed by atoms with E-state index in [0.717, 1.165) is 13.1 Å². The third-order valence-corrected chi connectivity index (χ3v) is 4.47. The second kappa shape index (κ2) is 7.92. The molecule has 0 radical (unpaired) electrons. The Hall–Kier alpha value is -0.900. The molecule has 118 valence electrons. The Morgan fingerprint density at radius 3 is 2.81 bits per heavy atom. The maximum absolute atomic E-state index is 3.74. The first-order chi connectivity index (χ1) is 10.1. The maximum Gasteiger partial charge on any atom is 0.0449 e. The minimum atomic E-state index is 0.440. The number of hydrogen-bond acceptors (Lipinski definition) is 3. The van der Waals surface area contributed by atoms with E-state index in [2.05, 4.69) is 67.2 Å². The van der Waals surface area contributed by atoms with Crippen molar-refractivity contribution in [2.75, 3.05) is 39.8 Å². The van der Waals surface area contributed by atoms with Gasteiger partial charge in [0.05, 0.1) is 0 Å². The number of nitrogens with one attached hydrogen (secondary N) is 1. The summed E-state index contributed by atoms with van der Waals surface area (Å²) in [6.45, 7) is 12.5. The molecule has 0 amide bonds. The van der Waals surface area contributed by atoms with Gasteiger partial charge in [0.15, 0.2) is 0 Å². The Bertz CT molecular complexity index is 432. The van der Waals surface area contributed by atoms with Gasteiger partial charge in [-0.1, -0.05) is 36.8 Å². The zero-order chi connectivity index (χ0) is 15.2. The number of piperazine rings is 1. The number of likely N-dealkylation sites (N-methyl/N-ethyl adjacent to an activating group) is 1. The summed E-state index contributed by atoms with van der Waals surface area (Å²) in [5, 5.41) is 3.74. The minimum Gasteiger partial charge on any atom is -0.309 e. The fraction of sp³-hybridized carbons (Fsp3) is 0.667. The monoisotopic (exact) mass is 289 g/mol. The quantitative estimate of drug-likeness (QED) is 0.868. The van der Waals surface area contributed by atoms with Crippen LogP contribution in [0.1, 0.15) is 37.4 Å². The first kappa shape index (κ1) is 16.5. The second-order valence-corrected chi connectivity index (χ2v) is 6.53. The summed E-state index contributed by atoms with van der Waals surface area (Å²) in [5.41, 5.74) is 2.77. The molecule has 21 heavy (non-hydrogen) atoms. The van der Waals surface area contributed by atoms with E-state index in [1.807, 2.05) is 0 Å². The molecule has 1 fully saturated rings. The molecule has 1 N–H and O–H groups in total. The van der Waals surface area contributed by atoms with E-state index in [9.17, 15) is 0 Å². The number of hydrogen-bond donors (Lipinski definition) is 1. The van der Waals surface area contributed by atoms with Gasteiger partial charge in [0, 0.05) is 38.3 Å². The van der Waals surface area contributed by atoms with Gasteiger partial charge < -0.3 is 10.2 Å². The summed E-state index contributed by atoms with van der Waals surface area (Å²) in [7, 11) is 2.22. The molecule has 0 spiro atoms. The lowest BCUT2D eigenvalue weighted by Crippen LogP contribution is -2.52. The van der Waals surface area contributed by atoms with Crippen molar-refractivity contribution in [2.24, 2.45) is 0 Å². The van der Waals surface area contributed by atoms with Crippen molar-refractivity contribution in [3.05, 3.63) is 35.4 Å². The lowest BCUT2D eigenvalue weighted by Gasteiger charge is -2.40. The topological polar surface area (TPSA) is 18.5 Å². The van der Waals surface area contributed by atoms with Gasteiger partial charge in [-0.05, 0) is 39.4 Å². The first-order valence-electron chi connectivity index (χ1n) is 8.32. The van der Waals surface area contributed by atoms with Gasteiger partial charge in [-0.15, -0.1) is 0 Å². The summed E-state index contributed by atoms with van der Waals surface area (Å²) in [4.78, 5) is 5.07. The second-order valence-electron chi connectivity index (χ2n) is 6.53. The van der Waals surface area contributed by atoms with Crippen LogP contribution in [0.4, 0.5) is 0 Å². The summed E-state index contributed by atoms with van der Waals surface area (Å²) in [6, 6.07) is 10.0. The molecule has 2 rings (SSSR count). The van der Waals surface area contributed by atoms with Crippen molar-refractivity contribution < 1.29 is 0 Å². The van der Waals surface area contributed by atoms with E-state index in [-0.39, 0.29) is 0 Å². The van der Waals surface area contributed by atoms with Crippen LogP contribution in [-0.4, -0.2) is 55.6 Å². The lowest BCUT2D eigenvalue weighted by molar-refractivity contribution is 0.0904. The molecule has 1 saturated heterocycles. The number of rotatable bonds is 6. The van der Waals surface area contributed by atoms with Crippen LogP contribution < -0.4 is 5.32 Å². The highest BCUT2D eigenvalue weighted by molar-refractivity contribution is 5.25. The molecule has 1 aliphatic heterocycles. The smallest absolute Gasteiger partial charge is 0.0449 e. The van der Waals surface area contributed by atoms with Crippen molar-refractivity contribution in [3.8, 4) is 0 Å². The largest absolute Gasteiger partial charge is 0.309 e. The lowest BCUT2D eigenvalue weighted by atomic mass is 10.0. The third kappa shape index (κ3) is 4.80. The molecule has 3 heteroatoms. The van der Waals surface area contributed by atoms with Gasteiger partial charge in [-0.25, -0.2) is 0 Å². The van der Waals surface area contributed by atoms with Crippen LogP contribution in [0, 0.1) is 6.92 Å². The summed E-state index contributed by atoms with van der Waals surface area (Å²) >= 11 is 0. The number of benzene rings is 1. The molecule has 0 bridgehead atoms. The number of aryl methyl sites for hydroxylation is 1. The zero-order valence-corrected chi connectivity index (χ0v) is 14.1. The molecule has 0 aliphatic carbocycles. The summed E-state index contributed by atoms with van der Waals surface area (Å²) in [5.74, 6) is 0. The van der Waals surface area contributed by atoms with Crippen molar-refractivity contribution in [1.29, 1.82) is 0 Å². The Balaban J connectivity index is 2.05. The normalized spacial score (nSPS) is 22.4. The maximum atomic E-state index is 3.74. The summed E-state index contributed by atoms with van der Waals surface area (Å²) in [6.07, 6.45) is 1.18. The molecular weight excluding hydrogens is 258 g/mol. The van der Waals surface area contributed by atoms with Gasteiger partial charge in [0.25, 0.3) is 0 Å². The van der Waals surface area contributed by atoms with Crippen molar-refractivity contribution >= 4 is 0 Å². The van der Waals surface area contributed by atoms with Gasteiger partial charge in [0.2, 0.25) is 0 Å². The predicted octanol–water partition coefficient (Wildman–Crippen LogP) is 2.67. The SMILES string of the molecule is CCCNC(CN1CCN(C)CC1C)c1cccc(C)c1. The molecule has 0 aromatic heterocycles. The summed E-state index contributed by atoms with van der Waals surface area (Å²) < 4.78 is 0. The Kier molecular flexibility index (Phi) is 6.22. The standard InChI is InChI=1S/C18H31N3/c1-5-9-19-18(17-8-6-7-15(2)12-17)14-21-11-10-20(4)13-16(21)3/h6-8,12,16,18-19H,5,9-11,13-14H2,1-4H3. The van der Waals surface area contributed by atoms with Crippen LogP contribution in [0.2, 0.25) is 0 Å². The molecular formula is C18H31N3. The highest BCUT2D eigenvalue weighted by Gasteiger charge is 2.24. The van der Waals surface area contributed by atoms with Crippen LogP contribution in [0.15, 0.2) is 24.3 Å². The van der Waals surface area contributed by atoms with Gasteiger partial charge in [0.1, 0.15) is 0 Å². The van der Waals surface area contributed by atoms with Gasteiger partial charge in [-0.2, -0.15) is 0 Å². The number of nitrogens with zero attached hydrogens (tertiary/aromatic N) is 2. The Morgan fingerprint density at radius 1 is 1.33 bits per heavy atom. The highest BCUT2D eigenvalue weighted by atomic mass is 15.3. The van der Waals surface area contributed by atoms with Crippen LogP contribution in [-0.2, 0) is 0 Å². The van der Waals surface area contributed by atoms with E-state index in [1.165, 1.54) is 37.2 Å². The fourth-order valence-electron chi connectivity index (χ4n) is 3.18. The molecule has 1 aromatic carbocycles. The van der Waals surface area contributed by atoms with Crippen LogP contribution in [0.25, 0.3) is 0 Å². The van der Waals surface area contributed by atoms with Crippen LogP contribution in [0.3, 0.4) is 0 Å². The molecule has 1 heterocycles. The highest BCUT2D eigenvalue weighted by Crippen LogP contribution is 2.19. The predicted molar refractivity (Wildman–Crippen MR) is 90.7 cm³/mol. The average Bonchev–Trinajstić information content (AvgIpc) is 2.45. The van der Waals surface area contributed by atoms with Crippen LogP contribution >= 0.6 is 0 Å². The van der Waals surface area contributed by atoms with E-state index in [4.69, 9.17) is 0 Å². The third-order valence-electron chi connectivity index (χ3n) is 4.47. The molecule has 3 nitrogen and oxygen atoms in total. The fourth-order valence-corrected chi connectivity index (χ4v) is 3.18. The Labute approximate surface area is 130 Å². The van der Waals surface area contributed by atoms with E-state index in [0.29, 0.717) is 12.1 Å². The molecule has 1 aromatic rings. The van der Waals surface area contributed by atoms with Gasteiger partial charge >= 0.3 is 0 Å². The van der Waals surface area contributed by atoms with Crippen molar-refractivity contribution in [1.82, 2.24) is 15.1 Å². The molecule has 2 unspecified atom stereocenters. The zero-order valence-electron chi connectivity index (χ0n) is 14.1. The van der Waals surface area contributed by atoms with Crippen molar-refractivity contribution in [3.63, 3.8) is 0 Å². The van der Waals surface area contributed by atoms with E-state index >= 15 is 0 Å².